The Hall–Kier alpha value is -2.32. The molecule has 1 fully saturated rings. The van der Waals surface area contributed by atoms with Crippen LogP contribution < -0.4 is 10.6 Å². The second-order valence-electron chi connectivity index (χ2n) is 7.46. The van der Waals surface area contributed by atoms with E-state index in [2.05, 4.69) is 10.6 Å². The van der Waals surface area contributed by atoms with Crippen molar-refractivity contribution in [3.63, 3.8) is 0 Å². The number of ether oxygens (including phenoxy) is 2. The normalized spacial score (nSPS) is 18.5. The van der Waals surface area contributed by atoms with Gasteiger partial charge in [-0.3, -0.25) is 14.9 Å². The molecule has 0 spiro atoms. The fourth-order valence-electron chi connectivity index (χ4n) is 3.66. The molecule has 10 heteroatoms. The first-order valence-corrected chi connectivity index (χ1v) is 11.1. The predicted octanol–water partition coefficient (Wildman–Crippen LogP) is 4.48. The van der Waals surface area contributed by atoms with Crippen LogP contribution in [0.25, 0.3) is 0 Å². The lowest BCUT2D eigenvalue weighted by atomic mass is 9.84. The highest BCUT2D eigenvalue weighted by Gasteiger charge is 2.36. The molecule has 1 aliphatic carbocycles. The first kappa shape index (κ1) is 22.9. The van der Waals surface area contributed by atoms with Gasteiger partial charge in [-0.25, -0.2) is 4.79 Å². The minimum atomic E-state index is -1.94. The molecule has 2 aliphatic rings. The molecule has 0 unspecified atom stereocenters. The Kier molecular flexibility index (Phi) is 6.62. The first-order valence-electron chi connectivity index (χ1n) is 9.94. The van der Waals surface area contributed by atoms with E-state index in [1.165, 1.54) is 12.1 Å². The standard InChI is InChI=1S/C22H19Cl3N2O5/c23-22(24,25)20(27-21(30)32-11-13-4-3-9-31-13)26-12-7-8-16-17(10-12)19(29)15-6-2-1-5-14(15)18(16)28/h1-2,5-8,10,13,20,26H,3-4,9,11H2,(H,27,30)/t13-,20-/m0/s1. The number of fused-ring (bicyclic) bond motifs is 2. The van der Waals surface area contributed by atoms with E-state index < -0.39 is 16.1 Å². The number of alkyl carbamates (subject to hydrolysis) is 1. The maximum absolute atomic E-state index is 12.9. The third kappa shape index (κ3) is 4.86. The average Bonchev–Trinajstić information content (AvgIpc) is 3.29. The van der Waals surface area contributed by atoms with Crippen molar-refractivity contribution in [2.24, 2.45) is 0 Å². The molecule has 2 aromatic carbocycles. The van der Waals surface area contributed by atoms with Crippen LogP contribution in [0.15, 0.2) is 42.5 Å². The molecule has 0 radical (unpaired) electrons. The van der Waals surface area contributed by atoms with E-state index in [1.807, 2.05) is 0 Å². The van der Waals surface area contributed by atoms with Crippen molar-refractivity contribution in [3.05, 3.63) is 64.7 Å². The zero-order chi connectivity index (χ0) is 22.9. The summed E-state index contributed by atoms with van der Waals surface area (Å²) in [6.07, 6.45) is -0.388. The molecule has 1 aliphatic heterocycles. The van der Waals surface area contributed by atoms with Crippen LogP contribution in [0.2, 0.25) is 0 Å². The predicted molar refractivity (Wildman–Crippen MR) is 121 cm³/mol. The molecule has 0 aromatic heterocycles. The Balaban J connectivity index is 1.50. The fourth-order valence-corrected chi connectivity index (χ4v) is 3.99. The SMILES string of the molecule is O=C(N[C@H](Nc1ccc2c(c1)C(=O)c1ccccc1C2=O)C(Cl)(Cl)Cl)OC[C@@H]1CCCO1. The van der Waals surface area contributed by atoms with Crippen molar-refractivity contribution >= 4 is 58.1 Å². The maximum Gasteiger partial charge on any atom is 0.408 e. The number of halogens is 3. The maximum atomic E-state index is 12.9. The van der Waals surface area contributed by atoms with Gasteiger partial charge in [0.2, 0.25) is 3.79 Å². The molecule has 0 bridgehead atoms. The molecule has 0 saturated carbocycles. The van der Waals surface area contributed by atoms with Gasteiger partial charge in [-0.15, -0.1) is 0 Å². The Labute approximate surface area is 199 Å². The Morgan fingerprint density at radius 1 is 1.06 bits per heavy atom. The summed E-state index contributed by atoms with van der Waals surface area (Å²) < 4.78 is 8.63. The lowest BCUT2D eigenvalue weighted by molar-refractivity contribution is 0.0432. The topological polar surface area (TPSA) is 93.7 Å². The number of alkyl halides is 3. The number of carbonyl (C=O) groups excluding carboxylic acids is 3. The van der Waals surface area contributed by atoms with Gasteiger partial charge in [0.25, 0.3) is 0 Å². The smallest absolute Gasteiger partial charge is 0.408 e. The van der Waals surface area contributed by atoms with E-state index in [0.717, 1.165) is 12.8 Å². The molecule has 1 heterocycles. The van der Waals surface area contributed by atoms with Gasteiger partial charge in [0.1, 0.15) is 12.8 Å². The number of anilines is 1. The van der Waals surface area contributed by atoms with E-state index >= 15 is 0 Å². The molecule has 7 nitrogen and oxygen atoms in total. The number of rotatable bonds is 5. The van der Waals surface area contributed by atoms with Crippen LogP contribution in [0.1, 0.15) is 44.7 Å². The summed E-state index contributed by atoms with van der Waals surface area (Å²) in [5, 5.41) is 5.35. The van der Waals surface area contributed by atoms with Crippen molar-refractivity contribution in [2.75, 3.05) is 18.5 Å². The summed E-state index contributed by atoms with van der Waals surface area (Å²) in [5.41, 5.74) is 1.58. The summed E-state index contributed by atoms with van der Waals surface area (Å²) in [7, 11) is 0. The van der Waals surface area contributed by atoms with Crippen molar-refractivity contribution in [1.82, 2.24) is 5.32 Å². The largest absolute Gasteiger partial charge is 0.447 e. The molecular weight excluding hydrogens is 479 g/mol. The van der Waals surface area contributed by atoms with E-state index in [1.54, 1.807) is 30.3 Å². The monoisotopic (exact) mass is 496 g/mol. The van der Waals surface area contributed by atoms with Crippen LogP contribution in [-0.2, 0) is 9.47 Å². The van der Waals surface area contributed by atoms with Gasteiger partial charge < -0.3 is 14.8 Å². The van der Waals surface area contributed by atoms with E-state index in [4.69, 9.17) is 44.3 Å². The van der Waals surface area contributed by atoms with Crippen molar-refractivity contribution in [2.45, 2.75) is 28.9 Å². The first-order chi connectivity index (χ1) is 15.2. The molecule has 4 rings (SSSR count). The molecule has 1 saturated heterocycles. The highest BCUT2D eigenvalue weighted by molar-refractivity contribution is 6.68. The number of benzene rings is 2. The van der Waals surface area contributed by atoms with Crippen LogP contribution in [-0.4, -0.2) is 46.9 Å². The van der Waals surface area contributed by atoms with E-state index in [9.17, 15) is 14.4 Å². The van der Waals surface area contributed by atoms with Crippen LogP contribution in [0.4, 0.5) is 10.5 Å². The van der Waals surface area contributed by atoms with Gasteiger partial charge in [-0.2, -0.15) is 0 Å². The number of nitrogens with one attached hydrogen (secondary N) is 2. The van der Waals surface area contributed by atoms with E-state index in [-0.39, 0.29) is 35.4 Å². The van der Waals surface area contributed by atoms with Gasteiger partial charge in [0.15, 0.2) is 11.6 Å². The summed E-state index contributed by atoms with van der Waals surface area (Å²) >= 11 is 18.1. The molecule has 1 amide bonds. The zero-order valence-corrected chi connectivity index (χ0v) is 19.0. The zero-order valence-electron chi connectivity index (χ0n) is 16.7. The summed E-state index contributed by atoms with van der Waals surface area (Å²) in [6, 6.07) is 11.2. The van der Waals surface area contributed by atoms with Gasteiger partial charge >= 0.3 is 6.09 Å². The Morgan fingerprint density at radius 2 is 1.72 bits per heavy atom. The van der Waals surface area contributed by atoms with Crippen LogP contribution in [0.5, 0.6) is 0 Å². The van der Waals surface area contributed by atoms with Crippen LogP contribution in [0, 0.1) is 0 Å². The number of ketones is 2. The minimum Gasteiger partial charge on any atom is -0.447 e. The molecule has 32 heavy (non-hydrogen) atoms. The third-order valence-electron chi connectivity index (χ3n) is 5.25. The van der Waals surface area contributed by atoms with Crippen molar-refractivity contribution in [3.8, 4) is 0 Å². The van der Waals surface area contributed by atoms with Gasteiger partial charge in [-0.05, 0) is 31.0 Å². The number of amides is 1. The van der Waals surface area contributed by atoms with Crippen LogP contribution >= 0.6 is 34.8 Å². The Morgan fingerprint density at radius 3 is 2.34 bits per heavy atom. The number of carbonyl (C=O) groups is 3. The summed E-state index contributed by atoms with van der Waals surface area (Å²) in [5.74, 6) is -0.524. The van der Waals surface area contributed by atoms with Crippen LogP contribution in [0.3, 0.4) is 0 Å². The van der Waals surface area contributed by atoms with Crippen molar-refractivity contribution in [1.29, 1.82) is 0 Å². The van der Waals surface area contributed by atoms with Crippen molar-refractivity contribution < 1.29 is 23.9 Å². The lowest BCUT2D eigenvalue weighted by Crippen LogP contribution is -2.49. The lowest BCUT2D eigenvalue weighted by Gasteiger charge is -2.28. The quantitative estimate of drug-likeness (QED) is 0.399. The summed E-state index contributed by atoms with van der Waals surface area (Å²) in [6.45, 7) is 0.727. The fraction of sp³-hybridized carbons (Fsp3) is 0.318. The molecular formula is C22H19Cl3N2O5. The second kappa shape index (κ2) is 9.27. The highest BCUT2D eigenvalue weighted by Crippen LogP contribution is 2.33. The number of hydrogen-bond acceptors (Lipinski definition) is 6. The van der Waals surface area contributed by atoms with E-state index in [0.29, 0.717) is 23.4 Å². The summed E-state index contributed by atoms with van der Waals surface area (Å²) in [4.78, 5) is 37.9. The highest BCUT2D eigenvalue weighted by atomic mass is 35.6. The second-order valence-corrected chi connectivity index (χ2v) is 9.83. The molecule has 2 atom stereocenters. The molecule has 2 N–H and O–H groups in total. The molecule has 168 valence electrons. The minimum absolute atomic E-state index is 0.0906. The molecule has 2 aromatic rings. The van der Waals surface area contributed by atoms with Gasteiger partial charge in [-0.1, -0.05) is 59.1 Å². The number of hydrogen-bond donors (Lipinski definition) is 2. The third-order valence-corrected chi connectivity index (χ3v) is 5.90. The van der Waals surface area contributed by atoms with Gasteiger partial charge in [0, 0.05) is 34.5 Å². The average molecular weight is 498 g/mol. The van der Waals surface area contributed by atoms with Gasteiger partial charge in [0.05, 0.1) is 6.10 Å². The Bertz CT molecular complexity index is 1060.